The zero-order valence-electron chi connectivity index (χ0n) is 36.7. The molecular weight excluding hydrogens is 945 g/mol. The van der Waals surface area contributed by atoms with E-state index in [1.54, 1.807) is 19.2 Å². The topological polar surface area (TPSA) is 181 Å². The normalized spacial score (nSPS) is 25.2. The number of pyridine rings is 1. The van der Waals surface area contributed by atoms with Crippen LogP contribution < -0.4 is 25.4 Å². The van der Waals surface area contributed by atoms with Crippen LogP contribution >= 0.6 is 34.6 Å². The largest absolute Gasteiger partial charge is 0.495 e. The van der Waals surface area contributed by atoms with Crippen molar-refractivity contribution in [2.24, 2.45) is 5.92 Å². The summed E-state index contributed by atoms with van der Waals surface area (Å²) in [5.74, 6) is -2.60. The third kappa shape index (κ3) is 10.3. The zero-order chi connectivity index (χ0) is 46.0. The molecule has 0 bridgehead atoms. The number of fused-ring (bicyclic) bond motifs is 3. The SMILES string of the molecule is COc1ccc2c(O[C@@H]3C[C@H]4C(=O)N[C@]5(P(=O)(O)Cc6c(F)cccc6F)C[C@H]5CCCCCCC[C@H](NC(=O)OC5CCCC5)C(=O)N4C3)cc(-c3csc(NC(C)C)n3)nc2c1Br. The van der Waals surface area contributed by atoms with E-state index in [2.05, 4.69) is 31.9 Å². The van der Waals surface area contributed by atoms with Gasteiger partial charge in [-0.05, 0) is 105 Å². The molecule has 4 fully saturated rings. The summed E-state index contributed by atoms with van der Waals surface area (Å²) in [6.45, 7) is 3.96. The molecule has 1 unspecified atom stereocenters. The lowest BCUT2D eigenvalue weighted by Crippen LogP contribution is -2.55. The molecule has 6 atom stereocenters. The number of hydrogen-bond acceptors (Lipinski definition) is 11. The fourth-order valence-electron chi connectivity index (χ4n) is 9.58. The minimum atomic E-state index is -4.55. The van der Waals surface area contributed by atoms with Gasteiger partial charge in [-0.3, -0.25) is 14.2 Å². The van der Waals surface area contributed by atoms with Gasteiger partial charge < -0.3 is 40.0 Å². The second-order valence-corrected chi connectivity index (χ2v) is 22.2. The highest BCUT2D eigenvalue weighted by Crippen LogP contribution is 2.71. The number of benzene rings is 2. The Morgan fingerprint density at radius 1 is 1.00 bits per heavy atom. The molecule has 19 heteroatoms. The van der Waals surface area contributed by atoms with Gasteiger partial charge in [-0.25, -0.2) is 23.5 Å². The van der Waals surface area contributed by atoms with E-state index in [0.29, 0.717) is 69.1 Å². The number of amides is 3. The molecule has 4 N–H and O–H groups in total. The number of thiazole rings is 1. The number of methoxy groups -OCH3 is 1. The van der Waals surface area contributed by atoms with Gasteiger partial charge in [0.1, 0.15) is 58.4 Å². The van der Waals surface area contributed by atoms with Crippen LogP contribution in [0.1, 0.15) is 103 Å². The smallest absolute Gasteiger partial charge is 0.408 e. The molecule has 4 heterocycles. The molecular formula is C46H56BrF2N6O8PS. The second kappa shape index (κ2) is 19.8. The summed E-state index contributed by atoms with van der Waals surface area (Å²) in [6.07, 6.45) is 5.48. The van der Waals surface area contributed by atoms with Crippen molar-refractivity contribution in [1.29, 1.82) is 0 Å². The fraction of sp³-hybridized carbons (Fsp3) is 0.543. The first-order chi connectivity index (χ1) is 31.2. The summed E-state index contributed by atoms with van der Waals surface area (Å²) in [5.41, 5.74) is 1.11. The summed E-state index contributed by atoms with van der Waals surface area (Å²) < 4.78 is 63.2. The van der Waals surface area contributed by atoms with E-state index in [1.807, 2.05) is 25.3 Å². The van der Waals surface area contributed by atoms with Crippen LogP contribution in [0, 0.1) is 17.6 Å². The van der Waals surface area contributed by atoms with E-state index >= 15 is 0 Å². The monoisotopic (exact) mass is 1000 g/mol. The van der Waals surface area contributed by atoms with E-state index in [4.69, 9.17) is 24.2 Å². The molecule has 2 saturated heterocycles. The second-order valence-electron chi connectivity index (χ2n) is 18.0. The van der Waals surface area contributed by atoms with E-state index in [-0.39, 0.29) is 31.5 Å². The number of carbonyl (C=O) groups is 3. The van der Waals surface area contributed by atoms with Gasteiger partial charge in [-0.2, -0.15) is 0 Å². The molecule has 2 aliphatic heterocycles. The molecule has 350 valence electrons. The Morgan fingerprint density at radius 3 is 2.43 bits per heavy atom. The van der Waals surface area contributed by atoms with Gasteiger partial charge in [0, 0.05) is 34.9 Å². The van der Waals surface area contributed by atoms with Crippen LogP contribution in [0.3, 0.4) is 0 Å². The third-order valence-electron chi connectivity index (χ3n) is 13.1. The number of rotatable bonds is 11. The number of halogens is 3. The van der Waals surface area contributed by atoms with Crippen molar-refractivity contribution in [2.75, 3.05) is 19.0 Å². The van der Waals surface area contributed by atoms with Crippen LogP contribution in [0.2, 0.25) is 0 Å². The molecule has 0 spiro atoms. The number of hydrogen-bond donors (Lipinski definition) is 4. The predicted molar refractivity (Wildman–Crippen MR) is 247 cm³/mol. The Hall–Kier alpha value is -4.38. The molecule has 2 aliphatic carbocycles. The first-order valence-corrected chi connectivity index (χ1v) is 26.1. The standard InChI is InChI=1S/C46H56BrF2N6O8PS/c1-26(2)50-44-52-36(25-65-44)35-21-39(30-18-19-38(61-3)40(47)41(30)51-35)62-29-20-37-42(56)54-46(64(59,60)24-31-32(48)15-11-16-33(31)49)22-27(46)12-7-5-4-6-8-17-34(43(57)55(37)23-29)53-45(58)63-28-13-9-10-14-28/h11,15-16,18-19,21,25-29,34,37H,4-10,12-14,17,20,22-24H2,1-3H3,(H,50,52)(H,53,58)(H,54,56)(H,59,60)/t27-,29-,34+,37+,46+/m1/s1. The average Bonchev–Trinajstić information content (AvgIpc) is 3.68. The molecule has 0 radical (unpaired) electrons. The van der Waals surface area contributed by atoms with Crippen LogP contribution in [0.15, 0.2) is 46.3 Å². The summed E-state index contributed by atoms with van der Waals surface area (Å²) >= 11 is 5.10. The number of nitrogens with zero attached hydrogens (tertiary/aromatic N) is 3. The maximum atomic E-state index is 15.0. The number of ether oxygens (including phenoxy) is 3. The zero-order valence-corrected chi connectivity index (χ0v) is 40.0. The van der Waals surface area contributed by atoms with Crippen molar-refractivity contribution in [3.8, 4) is 22.9 Å². The molecule has 65 heavy (non-hydrogen) atoms. The molecule has 8 rings (SSSR count). The number of anilines is 1. The Balaban J connectivity index is 1.14. The maximum absolute atomic E-state index is 15.0. The van der Waals surface area contributed by atoms with E-state index < -0.39 is 78.0 Å². The van der Waals surface area contributed by atoms with E-state index in [9.17, 15) is 32.6 Å². The number of carbonyl (C=O) groups excluding carboxylic acids is 3. The number of alkyl carbamates (subject to hydrolysis) is 1. The van der Waals surface area contributed by atoms with Gasteiger partial charge in [0.2, 0.25) is 19.2 Å². The number of aromatic nitrogens is 2. The lowest BCUT2D eigenvalue weighted by Gasteiger charge is -2.31. The Labute approximate surface area is 389 Å². The maximum Gasteiger partial charge on any atom is 0.408 e. The van der Waals surface area contributed by atoms with Crippen molar-refractivity contribution in [1.82, 2.24) is 25.5 Å². The Kier molecular flexibility index (Phi) is 14.4. The highest BCUT2D eigenvalue weighted by atomic mass is 79.9. The van der Waals surface area contributed by atoms with Gasteiger partial charge in [-0.15, -0.1) is 11.3 Å². The van der Waals surface area contributed by atoms with Crippen molar-refractivity contribution >= 4 is 68.6 Å². The van der Waals surface area contributed by atoms with Gasteiger partial charge in [0.25, 0.3) is 0 Å². The van der Waals surface area contributed by atoms with Crippen LogP contribution in [-0.4, -0.2) is 86.9 Å². The quantitative estimate of drug-likeness (QED) is 0.105. The molecule has 2 aromatic carbocycles. The van der Waals surface area contributed by atoms with Crippen LogP contribution in [0.4, 0.5) is 18.7 Å². The van der Waals surface area contributed by atoms with Crippen LogP contribution in [0.5, 0.6) is 11.5 Å². The minimum Gasteiger partial charge on any atom is -0.495 e. The lowest BCUT2D eigenvalue weighted by molar-refractivity contribution is -0.140. The van der Waals surface area contributed by atoms with Crippen LogP contribution in [0.25, 0.3) is 22.3 Å². The highest BCUT2D eigenvalue weighted by molar-refractivity contribution is 9.10. The summed E-state index contributed by atoms with van der Waals surface area (Å²) in [6, 6.07) is 6.52. The van der Waals surface area contributed by atoms with Gasteiger partial charge in [0.05, 0.1) is 35.5 Å². The predicted octanol–water partition coefficient (Wildman–Crippen LogP) is 9.66. The fourth-order valence-corrected chi connectivity index (χ4v) is 13.5. The first kappa shape index (κ1) is 47.1. The van der Waals surface area contributed by atoms with Crippen molar-refractivity contribution < 1.29 is 46.8 Å². The first-order valence-electron chi connectivity index (χ1n) is 22.6. The number of nitrogens with one attached hydrogen (secondary N) is 3. The van der Waals surface area contributed by atoms with Crippen LogP contribution in [-0.2, 0) is 25.1 Å². The molecule has 3 amide bonds. The Bertz CT molecular complexity index is 2450. The summed E-state index contributed by atoms with van der Waals surface area (Å²) in [7, 11) is -3.00. The minimum absolute atomic E-state index is 0.0230. The van der Waals surface area contributed by atoms with Crippen molar-refractivity contribution in [3.63, 3.8) is 0 Å². The molecule has 14 nitrogen and oxygen atoms in total. The highest BCUT2D eigenvalue weighted by Gasteiger charge is 2.66. The van der Waals surface area contributed by atoms with Gasteiger partial charge >= 0.3 is 6.09 Å². The van der Waals surface area contributed by atoms with E-state index in [0.717, 1.165) is 57.1 Å². The van der Waals surface area contributed by atoms with Gasteiger partial charge in [-0.1, -0.05) is 38.2 Å². The third-order valence-corrected chi connectivity index (χ3v) is 17.3. The molecule has 2 saturated carbocycles. The molecule has 4 aliphatic rings. The molecule has 2 aromatic heterocycles. The summed E-state index contributed by atoms with van der Waals surface area (Å²) in [4.78, 5) is 66.1. The molecule has 4 aromatic rings. The Morgan fingerprint density at radius 2 is 1.71 bits per heavy atom. The van der Waals surface area contributed by atoms with Crippen molar-refractivity contribution in [2.45, 2.75) is 139 Å². The van der Waals surface area contributed by atoms with E-state index in [1.165, 1.54) is 22.3 Å². The summed E-state index contributed by atoms with van der Waals surface area (Å²) in [5, 5.41) is 10.6. The lowest BCUT2D eigenvalue weighted by atomic mass is 10.0. The van der Waals surface area contributed by atoms with Gasteiger partial charge in [0.15, 0.2) is 5.13 Å². The average molecular weight is 1000 g/mol. The van der Waals surface area contributed by atoms with Crippen molar-refractivity contribution in [3.05, 3.63) is 63.4 Å².